The molecule has 0 aliphatic carbocycles. The molecule has 2 atom stereocenters. The van der Waals surface area contributed by atoms with E-state index in [1.807, 2.05) is 0 Å². The zero-order chi connectivity index (χ0) is 11.4. The first kappa shape index (κ1) is 12.6. The molecule has 1 aromatic carbocycles. The molecule has 2 unspecified atom stereocenters. The highest BCUT2D eigenvalue weighted by Crippen LogP contribution is 2.27. The molecule has 0 amide bonds. The molecular formula is C14H21Cl. The van der Waals surface area contributed by atoms with Gasteiger partial charge in [-0.2, -0.15) is 0 Å². The van der Waals surface area contributed by atoms with E-state index in [9.17, 15) is 0 Å². The molecule has 1 rings (SSSR count). The third-order valence-corrected chi connectivity index (χ3v) is 3.76. The molecule has 0 aromatic heterocycles. The summed E-state index contributed by atoms with van der Waals surface area (Å²) < 4.78 is 0. The maximum absolute atomic E-state index is 6.36. The van der Waals surface area contributed by atoms with E-state index < -0.39 is 0 Å². The van der Waals surface area contributed by atoms with E-state index in [-0.39, 0.29) is 5.38 Å². The minimum absolute atomic E-state index is 0.261. The van der Waals surface area contributed by atoms with Crippen molar-refractivity contribution in [2.75, 3.05) is 0 Å². The molecule has 0 saturated carbocycles. The van der Waals surface area contributed by atoms with Gasteiger partial charge in [0.2, 0.25) is 0 Å². The predicted molar refractivity (Wildman–Crippen MR) is 68.9 cm³/mol. The van der Waals surface area contributed by atoms with Crippen LogP contribution in [-0.4, -0.2) is 5.38 Å². The van der Waals surface area contributed by atoms with Gasteiger partial charge in [-0.05, 0) is 42.9 Å². The summed E-state index contributed by atoms with van der Waals surface area (Å²) in [5.41, 5.74) is 4.08. The Labute approximate surface area is 98.7 Å². The van der Waals surface area contributed by atoms with Gasteiger partial charge >= 0.3 is 0 Å². The average Bonchev–Trinajstić information content (AvgIpc) is 2.21. The zero-order valence-corrected chi connectivity index (χ0v) is 10.9. The first-order chi connectivity index (χ1) is 7.06. The molecule has 0 nitrogen and oxygen atoms in total. The normalized spacial score (nSPS) is 15.0. The van der Waals surface area contributed by atoms with Crippen molar-refractivity contribution in [3.05, 3.63) is 34.9 Å². The molecule has 15 heavy (non-hydrogen) atoms. The summed E-state index contributed by atoms with van der Waals surface area (Å²) in [6.07, 6.45) is 2.25. The standard InChI is InChI=1S/C14H21Cl/c1-5-6-14(15)12(4)13-8-7-10(2)11(3)9-13/h7-9,12,14H,5-6H2,1-4H3. The number of hydrogen-bond donors (Lipinski definition) is 0. The number of aryl methyl sites for hydroxylation is 2. The van der Waals surface area contributed by atoms with Crippen molar-refractivity contribution in [1.29, 1.82) is 0 Å². The third-order valence-electron chi connectivity index (χ3n) is 3.16. The second-order valence-electron chi connectivity index (χ2n) is 4.44. The maximum atomic E-state index is 6.36. The summed E-state index contributed by atoms with van der Waals surface area (Å²) in [4.78, 5) is 0. The lowest BCUT2D eigenvalue weighted by Gasteiger charge is -2.18. The SMILES string of the molecule is CCCC(Cl)C(C)c1ccc(C)c(C)c1. The highest BCUT2D eigenvalue weighted by atomic mass is 35.5. The molecular weight excluding hydrogens is 204 g/mol. The fourth-order valence-electron chi connectivity index (χ4n) is 1.78. The average molecular weight is 225 g/mol. The van der Waals surface area contributed by atoms with Crippen molar-refractivity contribution in [2.45, 2.75) is 51.8 Å². The molecule has 0 saturated heterocycles. The Hall–Kier alpha value is -0.490. The van der Waals surface area contributed by atoms with Gasteiger partial charge in [-0.15, -0.1) is 11.6 Å². The summed E-state index contributed by atoms with van der Waals surface area (Å²) in [5, 5.41) is 0.261. The van der Waals surface area contributed by atoms with E-state index >= 15 is 0 Å². The number of hydrogen-bond acceptors (Lipinski definition) is 0. The number of benzene rings is 1. The Morgan fingerprint density at radius 1 is 1.20 bits per heavy atom. The van der Waals surface area contributed by atoms with Crippen LogP contribution in [0.2, 0.25) is 0 Å². The third kappa shape index (κ3) is 3.24. The van der Waals surface area contributed by atoms with Crippen molar-refractivity contribution < 1.29 is 0 Å². The van der Waals surface area contributed by atoms with E-state index in [0.717, 1.165) is 12.8 Å². The van der Waals surface area contributed by atoms with Crippen molar-refractivity contribution in [2.24, 2.45) is 0 Å². The summed E-state index contributed by atoms with van der Waals surface area (Å²) in [5.74, 6) is 0.450. The van der Waals surface area contributed by atoms with E-state index in [4.69, 9.17) is 11.6 Å². The van der Waals surface area contributed by atoms with Gasteiger partial charge in [0, 0.05) is 5.38 Å². The first-order valence-electron chi connectivity index (χ1n) is 5.77. The van der Waals surface area contributed by atoms with E-state index in [0.29, 0.717) is 5.92 Å². The molecule has 0 bridgehead atoms. The Kier molecular flexibility index (Phi) is 4.66. The topological polar surface area (TPSA) is 0 Å². The summed E-state index contributed by atoms with van der Waals surface area (Å²) in [6, 6.07) is 6.67. The van der Waals surface area contributed by atoms with Crippen LogP contribution >= 0.6 is 11.6 Å². The number of alkyl halides is 1. The Bertz CT molecular complexity index is 317. The lowest BCUT2D eigenvalue weighted by Crippen LogP contribution is -2.09. The minimum atomic E-state index is 0.261. The van der Waals surface area contributed by atoms with Crippen LogP contribution in [-0.2, 0) is 0 Å². The van der Waals surface area contributed by atoms with Crippen LogP contribution in [0.5, 0.6) is 0 Å². The predicted octanol–water partition coefficient (Wildman–Crippen LogP) is 4.81. The zero-order valence-electron chi connectivity index (χ0n) is 10.2. The monoisotopic (exact) mass is 224 g/mol. The van der Waals surface area contributed by atoms with Crippen molar-refractivity contribution in [3.8, 4) is 0 Å². The van der Waals surface area contributed by atoms with Crippen LogP contribution in [0.1, 0.15) is 49.3 Å². The molecule has 0 heterocycles. The van der Waals surface area contributed by atoms with Crippen LogP contribution in [0.4, 0.5) is 0 Å². The molecule has 0 radical (unpaired) electrons. The minimum Gasteiger partial charge on any atom is -0.122 e. The summed E-state index contributed by atoms with van der Waals surface area (Å²) >= 11 is 6.36. The van der Waals surface area contributed by atoms with Gasteiger partial charge in [-0.1, -0.05) is 38.5 Å². The molecule has 0 aliphatic heterocycles. The smallest absolute Gasteiger partial charge is 0.0401 e. The first-order valence-corrected chi connectivity index (χ1v) is 6.21. The summed E-state index contributed by atoms with van der Waals surface area (Å²) in [7, 11) is 0. The van der Waals surface area contributed by atoms with E-state index in [2.05, 4.69) is 45.9 Å². The second kappa shape index (κ2) is 5.55. The van der Waals surface area contributed by atoms with Gasteiger partial charge in [-0.3, -0.25) is 0 Å². The highest BCUT2D eigenvalue weighted by Gasteiger charge is 2.15. The molecule has 0 fully saturated rings. The summed E-state index contributed by atoms with van der Waals surface area (Å²) in [6.45, 7) is 8.71. The fourth-order valence-corrected chi connectivity index (χ4v) is 2.15. The van der Waals surface area contributed by atoms with E-state index in [1.165, 1.54) is 16.7 Å². The van der Waals surface area contributed by atoms with Gasteiger partial charge < -0.3 is 0 Å². The Morgan fingerprint density at radius 2 is 1.87 bits per heavy atom. The molecule has 1 aromatic rings. The van der Waals surface area contributed by atoms with E-state index in [1.54, 1.807) is 0 Å². The fraction of sp³-hybridized carbons (Fsp3) is 0.571. The maximum Gasteiger partial charge on any atom is 0.0401 e. The molecule has 1 heteroatoms. The lowest BCUT2D eigenvalue weighted by atomic mass is 9.92. The number of halogens is 1. The van der Waals surface area contributed by atoms with Crippen LogP contribution in [0, 0.1) is 13.8 Å². The molecule has 0 aliphatic rings. The van der Waals surface area contributed by atoms with Crippen LogP contribution in [0.15, 0.2) is 18.2 Å². The van der Waals surface area contributed by atoms with Crippen molar-refractivity contribution >= 4 is 11.6 Å². The van der Waals surface area contributed by atoms with Crippen LogP contribution in [0.3, 0.4) is 0 Å². The van der Waals surface area contributed by atoms with Crippen molar-refractivity contribution in [1.82, 2.24) is 0 Å². The lowest BCUT2D eigenvalue weighted by molar-refractivity contribution is 0.633. The Morgan fingerprint density at radius 3 is 2.40 bits per heavy atom. The largest absolute Gasteiger partial charge is 0.122 e. The van der Waals surface area contributed by atoms with Gasteiger partial charge in [0.05, 0.1) is 0 Å². The second-order valence-corrected chi connectivity index (χ2v) is 5.00. The molecule has 84 valence electrons. The van der Waals surface area contributed by atoms with Gasteiger partial charge in [-0.25, -0.2) is 0 Å². The molecule has 0 spiro atoms. The highest BCUT2D eigenvalue weighted by molar-refractivity contribution is 6.21. The van der Waals surface area contributed by atoms with Gasteiger partial charge in [0.1, 0.15) is 0 Å². The number of rotatable bonds is 4. The molecule has 0 N–H and O–H groups in total. The van der Waals surface area contributed by atoms with Crippen LogP contribution in [0.25, 0.3) is 0 Å². The van der Waals surface area contributed by atoms with Gasteiger partial charge in [0.25, 0.3) is 0 Å². The van der Waals surface area contributed by atoms with Gasteiger partial charge in [0.15, 0.2) is 0 Å². The Balaban J connectivity index is 2.81. The quantitative estimate of drug-likeness (QED) is 0.644. The van der Waals surface area contributed by atoms with Crippen LogP contribution < -0.4 is 0 Å². The van der Waals surface area contributed by atoms with Crippen molar-refractivity contribution in [3.63, 3.8) is 0 Å².